The van der Waals surface area contributed by atoms with E-state index in [0.29, 0.717) is 22.2 Å². The minimum Gasteiger partial charge on any atom is -0.383 e. The fourth-order valence-corrected chi connectivity index (χ4v) is 2.88. The van der Waals surface area contributed by atoms with Crippen LogP contribution in [-0.2, 0) is 0 Å². The second kappa shape index (κ2) is 8.67. The maximum atomic E-state index is 12.3. The lowest BCUT2D eigenvalue weighted by Crippen LogP contribution is -2.12. The number of nitrogens with zero attached hydrogens (tertiary/aromatic N) is 5. The fraction of sp³-hybridized carbons (Fsp3) is 0.150. The first-order chi connectivity index (χ1) is 14.2. The zero-order valence-electron chi connectivity index (χ0n) is 16.5. The number of aliphatic imine (C=N–C) groups is 1. The van der Waals surface area contributed by atoms with Crippen LogP contribution in [0.25, 0.3) is 11.0 Å². The predicted molar refractivity (Wildman–Crippen MR) is 118 cm³/mol. The average Bonchev–Trinajstić information content (AvgIpc) is 2.68. The number of carbonyl (C=O) groups is 1. The summed E-state index contributed by atoms with van der Waals surface area (Å²) in [4.78, 5) is 33.2. The van der Waals surface area contributed by atoms with Crippen molar-refractivity contribution in [2.45, 2.75) is 20.8 Å². The molecule has 0 spiro atoms. The molecule has 10 heteroatoms. The number of aromatic nitrogens is 4. The largest absolute Gasteiger partial charge is 0.383 e. The second-order valence-corrected chi connectivity index (χ2v) is 7.51. The van der Waals surface area contributed by atoms with E-state index in [1.807, 2.05) is 13.8 Å². The standard InChI is InChI=1S/C20H18N8OS/c1-10-11(2)27-17-15(18(22)25-9-16(17)26-10)5-4-13-6-14(8-24-7-13)19(29)28-20(23)30-12(3)21/h6-9,21H,1-3H3,(H2,22,25)(H2,23,28,29). The van der Waals surface area contributed by atoms with Crippen LogP contribution >= 0.6 is 11.8 Å². The van der Waals surface area contributed by atoms with E-state index in [2.05, 4.69) is 36.8 Å². The SMILES string of the molecule is CC(=N)SC(N)=NC(=O)c1cncc(C#Cc2c(N)ncc3nc(C)c(C)nc23)c1. The van der Waals surface area contributed by atoms with Gasteiger partial charge < -0.3 is 11.5 Å². The van der Waals surface area contributed by atoms with Crippen molar-refractivity contribution in [3.63, 3.8) is 0 Å². The number of anilines is 1. The molecule has 0 aliphatic carbocycles. The highest BCUT2D eigenvalue weighted by Gasteiger charge is 2.10. The number of nitrogens with one attached hydrogen (secondary N) is 1. The first-order valence-corrected chi connectivity index (χ1v) is 9.54. The summed E-state index contributed by atoms with van der Waals surface area (Å²) < 4.78 is 0. The van der Waals surface area contributed by atoms with E-state index in [-0.39, 0.29) is 21.6 Å². The monoisotopic (exact) mass is 418 g/mol. The molecular formula is C20H18N8OS. The van der Waals surface area contributed by atoms with Gasteiger partial charge in [-0.1, -0.05) is 11.8 Å². The number of hydrogen-bond acceptors (Lipinski definition) is 8. The van der Waals surface area contributed by atoms with Gasteiger partial charge in [0, 0.05) is 18.0 Å². The molecule has 0 aromatic carbocycles. The van der Waals surface area contributed by atoms with Gasteiger partial charge in [-0.15, -0.1) is 0 Å². The normalized spacial score (nSPS) is 11.1. The lowest BCUT2D eigenvalue weighted by molar-refractivity contribution is 0.100. The van der Waals surface area contributed by atoms with Gasteiger partial charge >= 0.3 is 0 Å². The molecule has 3 heterocycles. The Labute approximate surface area is 177 Å². The zero-order valence-corrected chi connectivity index (χ0v) is 17.3. The number of fused-ring (bicyclic) bond motifs is 1. The molecule has 0 saturated carbocycles. The first-order valence-electron chi connectivity index (χ1n) is 8.72. The Morgan fingerprint density at radius 1 is 1.17 bits per heavy atom. The number of carbonyl (C=O) groups excluding carboxylic acids is 1. The summed E-state index contributed by atoms with van der Waals surface area (Å²) in [7, 11) is 0. The lowest BCUT2D eigenvalue weighted by atomic mass is 10.1. The maximum absolute atomic E-state index is 12.3. The predicted octanol–water partition coefficient (Wildman–Crippen LogP) is 2.20. The molecule has 9 nitrogen and oxygen atoms in total. The molecule has 0 atom stereocenters. The minimum absolute atomic E-state index is 0.0113. The number of rotatable bonds is 1. The Kier molecular flexibility index (Phi) is 6.03. The summed E-state index contributed by atoms with van der Waals surface area (Å²) in [6, 6.07) is 1.55. The average molecular weight is 418 g/mol. The van der Waals surface area contributed by atoms with Crippen molar-refractivity contribution < 1.29 is 4.79 Å². The minimum atomic E-state index is -0.569. The quantitative estimate of drug-likeness (QED) is 0.308. The second-order valence-electron chi connectivity index (χ2n) is 6.27. The highest BCUT2D eigenvalue weighted by atomic mass is 32.2. The molecule has 3 aromatic heterocycles. The van der Waals surface area contributed by atoms with Crippen molar-refractivity contribution in [1.82, 2.24) is 19.9 Å². The van der Waals surface area contributed by atoms with E-state index >= 15 is 0 Å². The molecule has 0 aliphatic heterocycles. The van der Waals surface area contributed by atoms with E-state index in [4.69, 9.17) is 16.9 Å². The molecule has 0 fully saturated rings. The van der Waals surface area contributed by atoms with Gasteiger partial charge in [0.2, 0.25) is 0 Å². The molecule has 30 heavy (non-hydrogen) atoms. The Morgan fingerprint density at radius 2 is 1.90 bits per heavy atom. The van der Waals surface area contributed by atoms with Gasteiger partial charge in [-0.25, -0.2) is 15.0 Å². The summed E-state index contributed by atoms with van der Waals surface area (Å²) in [6.45, 7) is 5.28. The Morgan fingerprint density at radius 3 is 2.63 bits per heavy atom. The van der Waals surface area contributed by atoms with Crippen molar-refractivity contribution in [2.75, 3.05) is 5.73 Å². The third-order valence-electron chi connectivity index (χ3n) is 3.94. The Balaban J connectivity index is 1.97. The van der Waals surface area contributed by atoms with Gasteiger partial charge in [-0.3, -0.25) is 15.2 Å². The molecule has 1 amide bonds. The summed E-state index contributed by atoms with van der Waals surface area (Å²) in [5, 5.41) is 7.60. The van der Waals surface area contributed by atoms with Crippen LogP contribution in [0.4, 0.5) is 5.82 Å². The van der Waals surface area contributed by atoms with E-state index in [1.54, 1.807) is 19.2 Å². The number of pyridine rings is 2. The number of thioether (sulfide) groups is 1. The van der Waals surface area contributed by atoms with E-state index in [0.717, 1.165) is 23.1 Å². The summed E-state index contributed by atoms with van der Waals surface area (Å²) in [5.74, 6) is 5.58. The van der Waals surface area contributed by atoms with Crippen LogP contribution in [0.2, 0.25) is 0 Å². The molecule has 150 valence electrons. The molecule has 0 saturated heterocycles. The Hall–Kier alpha value is -3.84. The highest BCUT2D eigenvalue weighted by Crippen LogP contribution is 2.19. The van der Waals surface area contributed by atoms with E-state index in [9.17, 15) is 4.79 Å². The molecule has 5 N–H and O–H groups in total. The zero-order chi connectivity index (χ0) is 21.8. The van der Waals surface area contributed by atoms with Crippen LogP contribution in [0.1, 0.15) is 39.8 Å². The molecule has 0 aliphatic rings. The molecule has 0 radical (unpaired) electrons. The van der Waals surface area contributed by atoms with Crippen molar-refractivity contribution in [2.24, 2.45) is 10.7 Å². The van der Waals surface area contributed by atoms with E-state index < -0.39 is 5.91 Å². The van der Waals surface area contributed by atoms with Crippen molar-refractivity contribution >= 4 is 44.7 Å². The number of nitrogen functional groups attached to an aromatic ring is 1. The molecular weight excluding hydrogens is 400 g/mol. The van der Waals surface area contributed by atoms with Crippen molar-refractivity contribution in [3.05, 3.63) is 52.7 Å². The number of amides is 1. The third-order valence-corrected chi connectivity index (χ3v) is 4.55. The van der Waals surface area contributed by atoms with Gasteiger partial charge in [0.1, 0.15) is 16.9 Å². The van der Waals surface area contributed by atoms with Gasteiger partial charge in [0.15, 0.2) is 5.17 Å². The van der Waals surface area contributed by atoms with Crippen LogP contribution in [0.5, 0.6) is 0 Å². The topological polar surface area (TPSA) is 157 Å². The van der Waals surface area contributed by atoms with Crippen molar-refractivity contribution in [1.29, 1.82) is 5.41 Å². The van der Waals surface area contributed by atoms with Crippen LogP contribution in [0.3, 0.4) is 0 Å². The van der Waals surface area contributed by atoms with Crippen LogP contribution < -0.4 is 11.5 Å². The van der Waals surface area contributed by atoms with Gasteiger partial charge in [0.05, 0.1) is 33.8 Å². The van der Waals surface area contributed by atoms with Crippen molar-refractivity contribution in [3.8, 4) is 11.8 Å². The smallest absolute Gasteiger partial charge is 0.280 e. The molecule has 3 rings (SSSR count). The summed E-state index contributed by atoms with van der Waals surface area (Å²) in [5.41, 5.74) is 15.6. The number of aryl methyl sites for hydroxylation is 2. The Bertz CT molecular complexity index is 1270. The maximum Gasteiger partial charge on any atom is 0.280 e. The molecule has 0 unspecified atom stereocenters. The van der Waals surface area contributed by atoms with Crippen LogP contribution in [-0.4, -0.2) is 36.1 Å². The highest BCUT2D eigenvalue weighted by molar-refractivity contribution is 8.26. The third kappa shape index (κ3) is 4.76. The first kappa shape index (κ1) is 20.9. The molecule has 0 bridgehead atoms. The lowest BCUT2D eigenvalue weighted by Gasteiger charge is -2.05. The van der Waals surface area contributed by atoms with Crippen LogP contribution in [0, 0.1) is 31.1 Å². The fourth-order valence-electron chi connectivity index (χ4n) is 2.44. The van der Waals surface area contributed by atoms with Gasteiger partial charge in [0.25, 0.3) is 5.91 Å². The number of hydrogen-bond donors (Lipinski definition) is 3. The van der Waals surface area contributed by atoms with Crippen LogP contribution in [0.15, 0.2) is 29.6 Å². The summed E-state index contributed by atoms with van der Waals surface area (Å²) in [6.07, 6.45) is 4.45. The molecule has 3 aromatic rings. The van der Waals surface area contributed by atoms with Gasteiger partial charge in [-0.05, 0) is 38.6 Å². The summed E-state index contributed by atoms with van der Waals surface area (Å²) >= 11 is 0.902. The number of amidine groups is 1. The van der Waals surface area contributed by atoms with E-state index in [1.165, 1.54) is 12.4 Å². The van der Waals surface area contributed by atoms with Gasteiger partial charge in [-0.2, -0.15) is 4.99 Å². The number of nitrogens with two attached hydrogens (primary N) is 2.